The van der Waals surface area contributed by atoms with E-state index in [9.17, 15) is 19.8 Å². The van der Waals surface area contributed by atoms with E-state index >= 15 is 0 Å². The van der Waals surface area contributed by atoms with Crippen LogP contribution in [0.5, 0.6) is 11.5 Å². The third-order valence-electron chi connectivity index (χ3n) is 5.38. The molecular formula is C25H28N4O5. The second-order valence-electron chi connectivity index (χ2n) is 8.86. The van der Waals surface area contributed by atoms with Crippen molar-refractivity contribution < 1.29 is 24.5 Å². The summed E-state index contributed by atoms with van der Waals surface area (Å²) >= 11 is 0. The SMILES string of the molecule is COC(=O)c1ccc(C(=O)N/N=C(/C)c2nn(C)c(-c3ccc(C(C)(C)C)cc3)c2O)cc1O. The van der Waals surface area contributed by atoms with Crippen molar-refractivity contribution in [2.45, 2.75) is 33.1 Å². The Hall–Kier alpha value is -4.14. The molecule has 0 radical (unpaired) electrons. The molecule has 0 saturated heterocycles. The predicted octanol–water partition coefficient (Wildman–Crippen LogP) is 3.74. The maximum absolute atomic E-state index is 12.4. The van der Waals surface area contributed by atoms with Crippen LogP contribution < -0.4 is 5.43 Å². The van der Waals surface area contributed by atoms with E-state index in [2.05, 4.69) is 41.1 Å². The number of rotatable bonds is 5. The Labute approximate surface area is 197 Å². The van der Waals surface area contributed by atoms with Crippen LogP contribution in [0.2, 0.25) is 0 Å². The molecule has 0 bridgehead atoms. The van der Waals surface area contributed by atoms with Gasteiger partial charge in [-0.25, -0.2) is 10.2 Å². The van der Waals surface area contributed by atoms with Gasteiger partial charge in [-0.15, -0.1) is 0 Å². The number of phenols is 1. The molecule has 0 aliphatic carbocycles. The molecule has 0 fully saturated rings. The van der Waals surface area contributed by atoms with Gasteiger partial charge in [0.15, 0.2) is 11.4 Å². The lowest BCUT2D eigenvalue weighted by Crippen LogP contribution is -2.19. The zero-order chi connectivity index (χ0) is 25.2. The van der Waals surface area contributed by atoms with Gasteiger partial charge in [0, 0.05) is 18.2 Å². The molecule has 1 heterocycles. The summed E-state index contributed by atoms with van der Waals surface area (Å²) in [5.74, 6) is -1.77. The monoisotopic (exact) mass is 464 g/mol. The minimum Gasteiger partial charge on any atom is -0.507 e. The van der Waals surface area contributed by atoms with E-state index in [1.54, 1.807) is 18.7 Å². The van der Waals surface area contributed by atoms with E-state index < -0.39 is 11.9 Å². The molecule has 9 heteroatoms. The maximum atomic E-state index is 12.4. The molecule has 3 rings (SSSR count). The molecule has 0 aliphatic rings. The summed E-state index contributed by atoms with van der Waals surface area (Å²) in [6.07, 6.45) is 0. The molecular weight excluding hydrogens is 436 g/mol. The van der Waals surface area contributed by atoms with Gasteiger partial charge >= 0.3 is 5.97 Å². The minimum absolute atomic E-state index is 0.00999. The lowest BCUT2D eigenvalue weighted by molar-refractivity contribution is 0.0597. The topological polar surface area (TPSA) is 126 Å². The highest BCUT2D eigenvalue weighted by molar-refractivity contribution is 6.03. The number of carbonyl (C=O) groups excluding carboxylic acids is 2. The molecule has 0 aliphatic heterocycles. The van der Waals surface area contributed by atoms with Crippen molar-refractivity contribution in [3.63, 3.8) is 0 Å². The molecule has 1 amide bonds. The van der Waals surface area contributed by atoms with Crippen LogP contribution in [0.25, 0.3) is 11.3 Å². The van der Waals surface area contributed by atoms with E-state index in [1.165, 1.54) is 24.8 Å². The highest BCUT2D eigenvalue weighted by atomic mass is 16.5. The molecule has 34 heavy (non-hydrogen) atoms. The second-order valence-corrected chi connectivity index (χ2v) is 8.86. The Balaban J connectivity index is 1.82. The van der Waals surface area contributed by atoms with Gasteiger partial charge < -0.3 is 14.9 Å². The minimum atomic E-state index is -0.715. The normalized spacial score (nSPS) is 11.9. The highest BCUT2D eigenvalue weighted by Crippen LogP contribution is 2.33. The Morgan fingerprint density at radius 1 is 1.09 bits per heavy atom. The third kappa shape index (κ3) is 4.93. The number of benzene rings is 2. The number of phenolic OH excluding ortho intramolecular Hbond substituents is 1. The third-order valence-corrected chi connectivity index (χ3v) is 5.38. The summed E-state index contributed by atoms with van der Waals surface area (Å²) in [7, 11) is 2.91. The second kappa shape index (κ2) is 9.38. The number of aryl methyl sites for hydroxylation is 1. The fraction of sp³-hybridized carbons (Fsp3) is 0.280. The Morgan fingerprint density at radius 3 is 2.29 bits per heavy atom. The van der Waals surface area contributed by atoms with Crippen LogP contribution in [-0.4, -0.2) is 44.7 Å². The highest BCUT2D eigenvalue weighted by Gasteiger charge is 2.21. The summed E-state index contributed by atoms with van der Waals surface area (Å²) in [5, 5.41) is 29.2. The molecule has 178 valence electrons. The number of esters is 1. The molecule has 0 spiro atoms. The van der Waals surface area contributed by atoms with E-state index in [0.717, 1.165) is 11.6 Å². The Morgan fingerprint density at radius 2 is 1.74 bits per heavy atom. The summed E-state index contributed by atoms with van der Waals surface area (Å²) in [6.45, 7) is 7.99. The first-order valence-corrected chi connectivity index (χ1v) is 10.6. The maximum Gasteiger partial charge on any atom is 0.341 e. The van der Waals surface area contributed by atoms with Gasteiger partial charge in [-0.2, -0.15) is 10.2 Å². The Bertz CT molecular complexity index is 1270. The van der Waals surface area contributed by atoms with Crippen LogP contribution in [0.3, 0.4) is 0 Å². The number of carbonyl (C=O) groups is 2. The van der Waals surface area contributed by atoms with Gasteiger partial charge in [-0.05, 0) is 36.1 Å². The van der Waals surface area contributed by atoms with Crippen LogP contribution in [0.1, 0.15) is 59.7 Å². The van der Waals surface area contributed by atoms with E-state index in [0.29, 0.717) is 5.69 Å². The number of nitrogens with one attached hydrogen (secondary N) is 1. The van der Waals surface area contributed by atoms with Gasteiger partial charge in [0.2, 0.25) is 0 Å². The first-order valence-electron chi connectivity index (χ1n) is 10.6. The molecule has 1 aromatic heterocycles. The van der Waals surface area contributed by atoms with Crippen LogP contribution >= 0.6 is 0 Å². The van der Waals surface area contributed by atoms with Gasteiger partial charge in [0.05, 0.1) is 12.8 Å². The quantitative estimate of drug-likeness (QED) is 0.300. The molecule has 2 aromatic carbocycles. The number of nitrogens with zero attached hydrogens (tertiary/aromatic N) is 3. The lowest BCUT2D eigenvalue weighted by Gasteiger charge is -2.19. The fourth-order valence-corrected chi connectivity index (χ4v) is 3.42. The van der Waals surface area contributed by atoms with Crippen LogP contribution in [-0.2, 0) is 17.2 Å². The smallest absolute Gasteiger partial charge is 0.341 e. The van der Waals surface area contributed by atoms with Crippen molar-refractivity contribution >= 4 is 17.6 Å². The summed E-state index contributed by atoms with van der Waals surface area (Å²) in [5.41, 5.74) is 5.42. The van der Waals surface area contributed by atoms with Crippen molar-refractivity contribution in [1.82, 2.24) is 15.2 Å². The van der Waals surface area contributed by atoms with Crippen molar-refractivity contribution in [3.05, 3.63) is 64.8 Å². The zero-order valence-corrected chi connectivity index (χ0v) is 20.0. The van der Waals surface area contributed by atoms with Crippen molar-refractivity contribution in [3.8, 4) is 22.8 Å². The largest absolute Gasteiger partial charge is 0.507 e. The average molecular weight is 465 g/mol. The van der Waals surface area contributed by atoms with Crippen LogP contribution in [0.15, 0.2) is 47.6 Å². The summed E-state index contributed by atoms with van der Waals surface area (Å²) in [6, 6.07) is 11.7. The number of hydrogen-bond donors (Lipinski definition) is 3. The van der Waals surface area contributed by atoms with Crippen molar-refractivity contribution in [2.75, 3.05) is 7.11 Å². The molecule has 9 nitrogen and oxygen atoms in total. The van der Waals surface area contributed by atoms with E-state index in [-0.39, 0.29) is 39.4 Å². The number of ether oxygens (including phenoxy) is 1. The standard InChI is InChI=1S/C25H28N4O5/c1-14(26-27-23(32)16-9-12-18(19(30)13-16)24(33)34-6)20-22(31)21(29(5)28-20)15-7-10-17(11-8-15)25(2,3)4/h7-13,30-31H,1-6H3,(H,27,32)/b26-14-. The van der Waals surface area contributed by atoms with E-state index in [1.807, 2.05) is 24.3 Å². The number of methoxy groups -OCH3 is 1. The number of aromatic hydroxyl groups is 2. The van der Waals surface area contributed by atoms with Gasteiger partial charge in [0.25, 0.3) is 5.91 Å². The summed E-state index contributed by atoms with van der Waals surface area (Å²) in [4.78, 5) is 24.0. The van der Waals surface area contributed by atoms with Crippen molar-refractivity contribution in [1.29, 1.82) is 0 Å². The molecule has 0 saturated carbocycles. The van der Waals surface area contributed by atoms with Gasteiger partial charge in [0.1, 0.15) is 17.0 Å². The molecule has 3 N–H and O–H groups in total. The zero-order valence-electron chi connectivity index (χ0n) is 20.0. The summed E-state index contributed by atoms with van der Waals surface area (Å²) < 4.78 is 6.12. The molecule has 0 atom stereocenters. The van der Waals surface area contributed by atoms with Gasteiger partial charge in [-0.1, -0.05) is 45.0 Å². The average Bonchev–Trinajstić information content (AvgIpc) is 3.09. The van der Waals surface area contributed by atoms with Crippen LogP contribution in [0, 0.1) is 0 Å². The first kappa shape index (κ1) is 24.5. The molecule has 3 aromatic rings. The number of hydrogen-bond acceptors (Lipinski definition) is 7. The first-order chi connectivity index (χ1) is 15.9. The number of aromatic nitrogens is 2. The predicted molar refractivity (Wildman–Crippen MR) is 128 cm³/mol. The van der Waals surface area contributed by atoms with E-state index in [4.69, 9.17) is 0 Å². The van der Waals surface area contributed by atoms with Crippen molar-refractivity contribution in [2.24, 2.45) is 12.1 Å². The fourth-order valence-electron chi connectivity index (χ4n) is 3.42. The van der Waals surface area contributed by atoms with Gasteiger partial charge in [-0.3, -0.25) is 9.48 Å². The number of amides is 1. The number of hydrazone groups is 1. The molecule has 0 unspecified atom stereocenters. The van der Waals surface area contributed by atoms with Crippen LogP contribution in [0.4, 0.5) is 0 Å². The lowest BCUT2D eigenvalue weighted by atomic mass is 9.86. The Kier molecular flexibility index (Phi) is 6.76.